The Morgan fingerprint density at radius 1 is 1.21 bits per heavy atom. The molecule has 0 heterocycles. The Labute approximate surface area is 116 Å². The Bertz CT molecular complexity index is 617. The third-order valence-corrected chi connectivity index (χ3v) is 3.07. The minimum atomic E-state index is 0.451. The summed E-state index contributed by atoms with van der Waals surface area (Å²) in [7, 11) is 0. The molecule has 0 radical (unpaired) electrons. The van der Waals surface area contributed by atoms with Crippen LogP contribution in [0.4, 0.5) is 5.69 Å². The van der Waals surface area contributed by atoms with Crippen LogP contribution in [0.3, 0.4) is 0 Å². The molecule has 0 saturated heterocycles. The van der Waals surface area contributed by atoms with Crippen molar-refractivity contribution in [1.82, 2.24) is 0 Å². The van der Waals surface area contributed by atoms with Gasteiger partial charge in [-0.25, -0.2) is 4.79 Å². The molecule has 2 rings (SSSR count). The zero-order chi connectivity index (χ0) is 13.7. The number of isocyanates is 1. The van der Waals surface area contributed by atoms with Crippen molar-refractivity contribution >= 4 is 23.4 Å². The van der Waals surface area contributed by atoms with Gasteiger partial charge in [-0.15, -0.1) is 0 Å². The monoisotopic (exact) mass is 273 g/mol. The summed E-state index contributed by atoms with van der Waals surface area (Å²) in [5.74, 6) is 0.775. The van der Waals surface area contributed by atoms with E-state index in [0.29, 0.717) is 12.3 Å². The van der Waals surface area contributed by atoms with Gasteiger partial charge in [0.1, 0.15) is 12.4 Å². The van der Waals surface area contributed by atoms with Crippen LogP contribution in [-0.2, 0) is 11.4 Å². The first-order chi connectivity index (χ1) is 9.19. The van der Waals surface area contributed by atoms with Gasteiger partial charge >= 0.3 is 0 Å². The van der Waals surface area contributed by atoms with Gasteiger partial charge in [-0.1, -0.05) is 23.7 Å². The standard InChI is InChI=1S/C15H12ClNO2/c1-11-8-14(6-7-15(11)16)19-9-12-2-4-13(5-3-12)17-10-18/h2-8H,9H2,1H3. The van der Waals surface area contributed by atoms with Crippen molar-refractivity contribution in [2.75, 3.05) is 0 Å². The summed E-state index contributed by atoms with van der Waals surface area (Å²) >= 11 is 5.95. The molecule has 2 aromatic rings. The number of benzene rings is 2. The highest BCUT2D eigenvalue weighted by Crippen LogP contribution is 2.22. The fourth-order valence-electron chi connectivity index (χ4n) is 1.59. The lowest BCUT2D eigenvalue weighted by atomic mass is 10.2. The van der Waals surface area contributed by atoms with Crippen molar-refractivity contribution in [2.24, 2.45) is 4.99 Å². The molecule has 0 aliphatic heterocycles. The average Bonchev–Trinajstić information content (AvgIpc) is 2.42. The summed E-state index contributed by atoms with van der Waals surface area (Å²) in [5.41, 5.74) is 2.56. The summed E-state index contributed by atoms with van der Waals surface area (Å²) in [6.45, 7) is 2.38. The molecular weight excluding hydrogens is 262 g/mol. The molecule has 0 aliphatic rings. The van der Waals surface area contributed by atoms with E-state index in [-0.39, 0.29) is 0 Å². The van der Waals surface area contributed by atoms with E-state index >= 15 is 0 Å². The van der Waals surface area contributed by atoms with E-state index in [1.807, 2.05) is 37.3 Å². The van der Waals surface area contributed by atoms with Gasteiger partial charge < -0.3 is 4.74 Å². The third-order valence-electron chi connectivity index (χ3n) is 2.65. The van der Waals surface area contributed by atoms with Crippen molar-refractivity contribution < 1.29 is 9.53 Å². The Hall–Kier alpha value is -2.09. The first-order valence-corrected chi connectivity index (χ1v) is 6.12. The number of rotatable bonds is 4. The van der Waals surface area contributed by atoms with E-state index in [9.17, 15) is 4.79 Å². The molecule has 4 heteroatoms. The molecule has 0 fully saturated rings. The van der Waals surface area contributed by atoms with E-state index in [0.717, 1.165) is 21.9 Å². The second-order valence-corrected chi connectivity index (χ2v) is 4.48. The largest absolute Gasteiger partial charge is 0.489 e. The lowest BCUT2D eigenvalue weighted by molar-refractivity contribution is 0.306. The highest BCUT2D eigenvalue weighted by molar-refractivity contribution is 6.31. The second-order valence-electron chi connectivity index (χ2n) is 4.07. The normalized spacial score (nSPS) is 9.79. The van der Waals surface area contributed by atoms with E-state index in [2.05, 4.69) is 4.99 Å². The van der Waals surface area contributed by atoms with Crippen LogP contribution in [0.15, 0.2) is 47.5 Å². The molecule has 0 aliphatic carbocycles. The minimum Gasteiger partial charge on any atom is -0.489 e. The van der Waals surface area contributed by atoms with Gasteiger partial charge in [-0.3, -0.25) is 0 Å². The lowest BCUT2D eigenvalue weighted by Gasteiger charge is -2.07. The maximum Gasteiger partial charge on any atom is 0.240 e. The van der Waals surface area contributed by atoms with Gasteiger partial charge in [0.15, 0.2) is 0 Å². The van der Waals surface area contributed by atoms with Gasteiger partial charge in [0.2, 0.25) is 6.08 Å². The van der Waals surface area contributed by atoms with Crippen molar-refractivity contribution in [2.45, 2.75) is 13.5 Å². The van der Waals surface area contributed by atoms with Gasteiger partial charge in [0, 0.05) is 5.02 Å². The van der Waals surface area contributed by atoms with Crippen LogP contribution >= 0.6 is 11.6 Å². The first kappa shape index (κ1) is 13.3. The third kappa shape index (κ3) is 3.68. The molecule has 0 amide bonds. The van der Waals surface area contributed by atoms with Crippen molar-refractivity contribution in [3.05, 3.63) is 58.6 Å². The summed E-state index contributed by atoms with van der Waals surface area (Å²) in [5, 5.41) is 0.725. The van der Waals surface area contributed by atoms with Crippen LogP contribution in [0.1, 0.15) is 11.1 Å². The first-order valence-electron chi connectivity index (χ1n) is 5.75. The number of ether oxygens (including phenoxy) is 1. The minimum absolute atomic E-state index is 0.451. The summed E-state index contributed by atoms with van der Waals surface area (Å²) in [6, 6.07) is 12.8. The SMILES string of the molecule is Cc1cc(OCc2ccc(N=C=O)cc2)ccc1Cl. The number of carbonyl (C=O) groups excluding carboxylic acids is 1. The summed E-state index contributed by atoms with van der Waals surface area (Å²) in [4.78, 5) is 13.6. The predicted molar refractivity (Wildman–Crippen MR) is 74.7 cm³/mol. The zero-order valence-electron chi connectivity index (χ0n) is 10.4. The highest BCUT2D eigenvalue weighted by atomic mass is 35.5. The van der Waals surface area contributed by atoms with E-state index in [4.69, 9.17) is 16.3 Å². The van der Waals surface area contributed by atoms with Crippen molar-refractivity contribution in [3.63, 3.8) is 0 Å². The van der Waals surface area contributed by atoms with Gasteiger partial charge in [-0.2, -0.15) is 4.99 Å². The molecule has 0 atom stereocenters. The van der Waals surface area contributed by atoms with Crippen LogP contribution in [0.2, 0.25) is 5.02 Å². The molecular formula is C15H12ClNO2. The molecule has 0 saturated carbocycles. The van der Waals surface area contributed by atoms with Crippen molar-refractivity contribution in [1.29, 1.82) is 0 Å². The molecule has 0 spiro atoms. The van der Waals surface area contributed by atoms with Crippen LogP contribution in [0, 0.1) is 6.92 Å². The van der Waals surface area contributed by atoms with E-state index < -0.39 is 0 Å². The van der Waals surface area contributed by atoms with Crippen molar-refractivity contribution in [3.8, 4) is 5.75 Å². The van der Waals surface area contributed by atoms with E-state index in [1.165, 1.54) is 6.08 Å². The average molecular weight is 274 g/mol. The van der Waals surface area contributed by atoms with Crippen LogP contribution in [0.5, 0.6) is 5.75 Å². The van der Waals surface area contributed by atoms with Gasteiger partial charge in [0.25, 0.3) is 0 Å². The molecule has 0 N–H and O–H groups in total. The molecule has 2 aromatic carbocycles. The zero-order valence-corrected chi connectivity index (χ0v) is 11.1. The number of aliphatic imine (C=N–C) groups is 1. The number of hydrogen-bond acceptors (Lipinski definition) is 3. The number of hydrogen-bond donors (Lipinski definition) is 0. The Morgan fingerprint density at radius 2 is 1.95 bits per heavy atom. The topological polar surface area (TPSA) is 38.7 Å². The quantitative estimate of drug-likeness (QED) is 0.619. The molecule has 96 valence electrons. The Kier molecular flexibility index (Phi) is 4.35. The number of aryl methyl sites for hydroxylation is 1. The smallest absolute Gasteiger partial charge is 0.240 e. The van der Waals surface area contributed by atoms with Crippen LogP contribution in [0.25, 0.3) is 0 Å². The fraction of sp³-hybridized carbons (Fsp3) is 0.133. The molecule has 0 aromatic heterocycles. The maximum absolute atomic E-state index is 10.1. The predicted octanol–water partition coefficient (Wildman–Crippen LogP) is 4.19. The van der Waals surface area contributed by atoms with Gasteiger partial charge in [0.05, 0.1) is 5.69 Å². The molecule has 3 nitrogen and oxygen atoms in total. The maximum atomic E-state index is 10.1. The second kappa shape index (κ2) is 6.19. The summed E-state index contributed by atoms with van der Waals surface area (Å²) in [6.07, 6.45) is 1.50. The van der Waals surface area contributed by atoms with Crippen LogP contribution in [-0.4, -0.2) is 6.08 Å². The fourth-order valence-corrected chi connectivity index (χ4v) is 1.71. The Balaban J connectivity index is 2.01. The van der Waals surface area contributed by atoms with Crippen LogP contribution < -0.4 is 4.74 Å². The molecule has 19 heavy (non-hydrogen) atoms. The van der Waals surface area contributed by atoms with E-state index in [1.54, 1.807) is 12.1 Å². The molecule has 0 unspecified atom stereocenters. The number of nitrogens with zero attached hydrogens (tertiary/aromatic N) is 1. The lowest BCUT2D eigenvalue weighted by Crippen LogP contribution is -1.95. The summed E-state index contributed by atoms with van der Waals surface area (Å²) < 4.78 is 5.66. The van der Waals surface area contributed by atoms with Gasteiger partial charge in [-0.05, 0) is 48.4 Å². The Morgan fingerprint density at radius 3 is 2.58 bits per heavy atom. The number of halogens is 1. The molecule has 0 bridgehead atoms. The highest BCUT2D eigenvalue weighted by Gasteiger charge is 2.00.